The zero-order chi connectivity index (χ0) is 23.4. The van der Waals surface area contributed by atoms with Gasteiger partial charge in [0.15, 0.2) is 5.58 Å². The van der Waals surface area contributed by atoms with Gasteiger partial charge in [-0.1, -0.05) is 45.1 Å². The highest BCUT2D eigenvalue weighted by Gasteiger charge is 2.37. The third-order valence-corrected chi connectivity index (χ3v) is 8.20. The van der Waals surface area contributed by atoms with E-state index in [1.807, 2.05) is 0 Å². The van der Waals surface area contributed by atoms with E-state index in [-0.39, 0.29) is 11.3 Å². The van der Waals surface area contributed by atoms with Crippen molar-refractivity contribution >= 4 is 21.1 Å². The second-order valence-corrected chi connectivity index (χ2v) is 10.8. The van der Waals surface area contributed by atoms with E-state index < -0.39 is 27.7 Å². The number of halogens is 2. The van der Waals surface area contributed by atoms with Crippen molar-refractivity contribution in [2.45, 2.75) is 64.3 Å². The lowest BCUT2D eigenvalue weighted by atomic mass is 10.0. The third-order valence-electron chi connectivity index (χ3n) is 6.25. The summed E-state index contributed by atoms with van der Waals surface area (Å²) >= 11 is 0. The monoisotopic (exact) mass is 476 g/mol. The molecule has 0 spiro atoms. The Bertz CT molecular complexity index is 1210. The fraction of sp³-hybridized carbons (Fsp3) is 0.480. The molecule has 1 aliphatic heterocycles. The van der Waals surface area contributed by atoms with E-state index in [2.05, 4.69) is 11.9 Å². The number of hydrogen-bond donors (Lipinski definition) is 0. The van der Waals surface area contributed by atoms with Crippen LogP contribution in [-0.2, 0) is 10.0 Å². The summed E-state index contributed by atoms with van der Waals surface area (Å²) in [6.45, 7) is 2.62. The van der Waals surface area contributed by atoms with Gasteiger partial charge in [-0.15, -0.1) is 0 Å². The van der Waals surface area contributed by atoms with Crippen molar-refractivity contribution in [1.82, 2.24) is 9.29 Å². The second-order valence-electron chi connectivity index (χ2n) is 8.71. The molecular formula is C25H30F2N2O3S. The Kier molecular flexibility index (Phi) is 7.44. The van der Waals surface area contributed by atoms with Gasteiger partial charge in [0.2, 0.25) is 15.9 Å². The average molecular weight is 477 g/mol. The van der Waals surface area contributed by atoms with E-state index in [0.717, 1.165) is 31.7 Å². The topological polar surface area (TPSA) is 63.4 Å². The Balaban J connectivity index is 1.50. The molecule has 1 atom stereocenters. The van der Waals surface area contributed by atoms with Crippen molar-refractivity contribution in [1.29, 1.82) is 0 Å². The van der Waals surface area contributed by atoms with Gasteiger partial charge in [-0.25, -0.2) is 22.2 Å². The number of fused-ring (bicyclic) bond motifs is 1. The van der Waals surface area contributed by atoms with Gasteiger partial charge in [0, 0.05) is 18.2 Å². The predicted molar refractivity (Wildman–Crippen MR) is 125 cm³/mol. The summed E-state index contributed by atoms with van der Waals surface area (Å²) in [7, 11) is -3.40. The maximum absolute atomic E-state index is 14.2. The quantitative estimate of drug-likeness (QED) is 0.309. The largest absolute Gasteiger partial charge is 0.439 e. The zero-order valence-electron chi connectivity index (χ0n) is 18.9. The van der Waals surface area contributed by atoms with Crippen LogP contribution in [0, 0.1) is 11.6 Å². The number of rotatable bonds is 10. The van der Waals surface area contributed by atoms with Crippen LogP contribution in [-0.4, -0.2) is 30.0 Å². The third kappa shape index (κ3) is 5.44. The van der Waals surface area contributed by atoms with Gasteiger partial charge in [-0.05, 0) is 49.1 Å². The summed E-state index contributed by atoms with van der Waals surface area (Å²) in [6.07, 6.45) is 7.56. The van der Waals surface area contributed by atoms with Gasteiger partial charge < -0.3 is 4.42 Å². The zero-order valence-corrected chi connectivity index (χ0v) is 19.7. The summed E-state index contributed by atoms with van der Waals surface area (Å²) < 4.78 is 60.9. The minimum Gasteiger partial charge on any atom is -0.439 e. The molecule has 1 saturated heterocycles. The first kappa shape index (κ1) is 23.8. The standard InChI is InChI=1S/C25H30F2N2O3S/c1-2-3-4-5-6-7-15-33(30,31)29-14-8-9-23(29)25-28-22-16-18(10-13-24(22)32-25)20-12-11-19(26)17-21(20)27/h10-13,16-17,23H,2-9,14-15H2,1H3/t23-/m1/s1. The van der Waals surface area contributed by atoms with Gasteiger partial charge in [0.25, 0.3) is 0 Å². The van der Waals surface area contributed by atoms with Crippen molar-refractivity contribution in [3.63, 3.8) is 0 Å². The van der Waals surface area contributed by atoms with Crippen LogP contribution in [0.4, 0.5) is 8.78 Å². The molecule has 1 fully saturated rings. The number of benzene rings is 2. The molecule has 1 aromatic heterocycles. The van der Waals surface area contributed by atoms with Crippen LogP contribution in [0.5, 0.6) is 0 Å². The molecule has 8 heteroatoms. The van der Waals surface area contributed by atoms with E-state index in [1.165, 1.54) is 29.3 Å². The highest BCUT2D eigenvalue weighted by molar-refractivity contribution is 7.89. The molecule has 1 aliphatic rings. The number of sulfonamides is 1. The van der Waals surface area contributed by atoms with E-state index in [9.17, 15) is 17.2 Å². The lowest BCUT2D eigenvalue weighted by Gasteiger charge is -2.21. The van der Waals surface area contributed by atoms with E-state index >= 15 is 0 Å². The van der Waals surface area contributed by atoms with Crippen molar-refractivity contribution in [2.24, 2.45) is 0 Å². The molecule has 3 aromatic rings. The molecule has 0 N–H and O–H groups in total. The first-order valence-corrected chi connectivity index (χ1v) is 13.4. The van der Waals surface area contributed by atoms with Crippen molar-refractivity contribution in [3.8, 4) is 11.1 Å². The molecule has 4 rings (SSSR count). The first-order valence-electron chi connectivity index (χ1n) is 11.7. The molecule has 0 saturated carbocycles. The molecule has 178 valence electrons. The fourth-order valence-electron chi connectivity index (χ4n) is 4.48. The Morgan fingerprint density at radius 2 is 1.85 bits per heavy atom. The van der Waals surface area contributed by atoms with Gasteiger partial charge >= 0.3 is 0 Å². The molecule has 2 aromatic carbocycles. The van der Waals surface area contributed by atoms with Crippen molar-refractivity contribution < 1.29 is 21.6 Å². The molecule has 5 nitrogen and oxygen atoms in total. The summed E-state index contributed by atoms with van der Waals surface area (Å²) in [5, 5.41) is 0. The molecule has 0 bridgehead atoms. The molecule has 0 unspecified atom stereocenters. The number of oxazole rings is 1. The van der Waals surface area contributed by atoms with Crippen LogP contribution in [0.2, 0.25) is 0 Å². The molecule has 0 amide bonds. The Hall–Kier alpha value is -2.32. The Morgan fingerprint density at radius 1 is 1.06 bits per heavy atom. The van der Waals surface area contributed by atoms with E-state index in [0.29, 0.717) is 41.9 Å². The van der Waals surface area contributed by atoms with Crippen molar-refractivity contribution in [2.75, 3.05) is 12.3 Å². The average Bonchev–Trinajstić information content (AvgIpc) is 3.43. The fourth-order valence-corrected chi connectivity index (χ4v) is 6.27. The van der Waals surface area contributed by atoms with Crippen molar-refractivity contribution in [3.05, 3.63) is 53.9 Å². The minimum absolute atomic E-state index is 0.143. The van der Waals surface area contributed by atoms with Gasteiger partial charge in [0.1, 0.15) is 23.2 Å². The Labute approximate surface area is 193 Å². The van der Waals surface area contributed by atoms with Crippen LogP contribution in [0.1, 0.15) is 70.2 Å². The minimum atomic E-state index is -3.40. The second kappa shape index (κ2) is 10.3. The highest BCUT2D eigenvalue weighted by Crippen LogP contribution is 2.36. The van der Waals surface area contributed by atoms with Crippen LogP contribution in [0.15, 0.2) is 40.8 Å². The highest BCUT2D eigenvalue weighted by atomic mass is 32.2. The van der Waals surface area contributed by atoms with Gasteiger partial charge in [0.05, 0.1) is 5.75 Å². The first-order chi connectivity index (χ1) is 15.9. The summed E-state index contributed by atoms with van der Waals surface area (Å²) in [5.41, 5.74) is 1.86. The van der Waals surface area contributed by atoms with Gasteiger partial charge in [-0.2, -0.15) is 4.31 Å². The lowest BCUT2D eigenvalue weighted by Crippen LogP contribution is -2.32. The lowest BCUT2D eigenvalue weighted by molar-refractivity contribution is 0.336. The molecule has 0 radical (unpaired) electrons. The van der Waals surface area contributed by atoms with Crippen LogP contribution in [0.3, 0.4) is 0 Å². The SMILES string of the molecule is CCCCCCCCS(=O)(=O)N1CCC[C@@H]1c1nc2cc(-c3ccc(F)cc3F)ccc2o1. The van der Waals surface area contributed by atoms with Crippen LogP contribution in [0.25, 0.3) is 22.2 Å². The number of hydrogen-bond acceptors (Lipinski definition) is 4. The number of nitrogens with zero attached hydrogens (tertiary/aromatic N) is 2. The van der Waals surface area contributed by atoms with Gasteiger partial charge in [-0.3, -0.25) is 0 Å². The number of aromatic nitrogens is 1. The Morgan fingerprint density at radius 3 is 2.64 bits per heavy atom. The maximum atomic E-state index is 14.2. The molecular weight excluding hydrogens is 446 g/mol. The predicted octanol–water partition coefficient (Wildman–Crippen LogP) is 6.60. The summed E-state index contributed by atoms with van der Waals surface area (Å²) in [6, 6.07) is 8.08. The van der Waals surface area contributed by atoms with E-state index in [4.69, 9.17) is 4.42 Å². The van der Waals surface area contributed by atoms with Crippen LogP contribution < -0.4 is 0 Å². The molecule has 33 heavy (non-hydrogen) atoms. The van der Waals surface area contributed by atoms with E-state index in [1.54, 1.807) is 18.2 Å². The van der Waals surface area contributed by atoms with Crippen LogP contribution >= 0.6 is 0 Å². The normalized spacial score (nSPS) is 17.2. The molecule has 2 heterocycles. The maximum Gasteiger partial charge on any atom is 0.214 e. The smallest absolute Gasteiger partial charge is 0.214 e. The number of unbranched alkanes of at least 4 members (excludes halogenated alkanes) is 5. The molecule has 0 aliphatic carbocycles. The summed E-state index contributed by atoms with van der Waals surface area (Å²) in [4.78, 5) is 4.55. The summed E-state index contributed by atoms with van der Waals surface area (Å²) in [5.74, 6) is -0.778.